The van der Waals surface area contributed by atoms with Gasteiger partial charge in [-0.05, 0) is 30.7 Å². The van der Waals surface area contributed by atoms with Gasteiger partial charge in [0.2, 0.25) is 21.8 Å². The molecule has 11 heteroatoms. The van der Waals surface area contributed by atoms with Crippen LogP contribution in [-0.2, 0) is 25.1 Å². The second kappa shape index (κ2) is 8.53. The van der Waals surface area contributed by atoms with Crippen LogP contribution >= 0.6 is 0 Å². The van der Waals surface area contributed by atoms with Crippen molar-refractivity contribution in [1.29, 1.82) is 0 Å². The van der Waals surface area contributed by atoms with Crippen LogP contribution in [0.15, 0.2) is 36.5 Å². The summed E-state index contributed by atoms with van der Waals surface area (Å²) in [6, 6.07) is 6.07. The molecule has 0 aliphatic carbocycles. The minimum Gasteiger partial charge on any atom is -0.480 e. The highest BCUT2D eigenvalue weighted by Crippen LogP contribution is 2.26. The fourth-order valence-electron chi connectivity index (χ4n) is 2.59. The van der Waals surface area contributed by atoms with Gasteiger partial charge in [0.15, 0.2) is 0 Å². The Morgan fingerprint density at radius 3 is 2.31 bits per heavy atom. The Hall–Kier alpha value is -3.05. The summed E-state index contributed by atoms with van der Waals surface area (Å²) in [5.41, 5.74) is -1.50. The number of nitrogens with zero attached hydrogens (tertiary/aromatic N) is 1. The number of esters is 1. The molecule has 0 spiro atoms. The molecule has 0 aliphatic rings. The molecule has 0 fully saturated rings. The number of methoxy groups -OCH3 is 2. The van der Waals surface area contributed by atoms with Crippen molar-refractivity contribution in [1.82, 2.24) is 9.71 Å². The van der Waals surface area contributed by atoms with Crippen LogP contribution in [-0.4, -0.2) is 45.8 Å². The van der Waals surface area contributed by atoms with E-state index >= 15 is 0 Å². The van der Waals surface area contributed by atoms with E-state index in [0.717, 1.165) is 18.4 Å². The first kappa shape index (κ1) is 22.2. The number of sulfonamides is 1. The molecule has 2 aromatic rings. The number of aromatic nitrogens is 1. The number of carbonyl (C=O) groups is 2. The van der Waals surface area contributed by atoms with E-state index in [4.69, 9.17) is 4.74 Å². The summed E-state index contributed by atoms with van der Waals surface area (Å²) in [7, 11) is -1.34. The predicted octanol–water partition coefficient (Wildman–Crippen LogP) is 1.42. The van der Waals surface area contributed by atoms with Crippen molar-refractivity contribution in [2.45, 2.75) is 12.5 Å². The van der Waals surface area contributed by atoms with E-state index in [9.17, 15) is 22.4 Å². The average Bonchev–Trinajstić information content (AvgIpc) is 2.66. The van der Waals surface area contributed by atoms with Gasteiger partial charge in [-0.15, -0.1) is 0 Å². The van der Waals surface area contributed by atoms with Crippen LogP contribution in [0.1, 0.15) is 22.8 Å². The van der Waals surface area contributed by atoms with Crippen molar-refractivity contribution in [3.63, 3.8) is 0 Å². The number of ether oxygens (including phenoxy) is 2. The summed E-state index contributed by atoms with van der Waals surface area (Å²) in [6.07, 6.45) is 2.13. The van der Waals surface area contributed by atoms with Gasteiger partial charge in [0.25, 0.3) is 0 Å². The van der Waals surface area contributed by atoms with Gasteiger partial charge in [0.1, 0.15) is 16.9 Å². The summed E-state index contributed by atoms with van der Waals surface area (Å²) >= 11 is 0. The lowest BCUT2D eigenvalue weighted by Crippen LogP contribution is -2.51. The second-order valence-electron chi connectivity index (χ2n) is 6.23. The predicted molar refractivity (Wildman–Crippen MR) is 102 cm³/mol. The van der Waals surface area contributed by atoms with Gasteiger partial charge >= 0.3 is 5.97 Å². The van der Waals surface area contributed by atoms with Crippen LogP contribution in [0.3, 0.4) is 0 Å². The normalized spacial score (nSPS) is 13.3. The van der Waals surface area contributed by atoms with Crippen LogP contribution in [0.5, 0.6) is 5.88 Å². The molecule has 29 heavy (non-hydrogen) atoms. The second-order valence-corrected chi connectivity index (χ2v) is 7.98. The third-order valence-corrected chi connectivity index (χ3v) is 4.75. The van der Waals surface area contributed by atoms with E-state index in [1.165, 1.54) is 45.5 Å². The molecule has 2 rings (SSSR count). The molecule has 0 saturated heterocycles. The monoisotopic (exact) mass is 425 g/mol. The lowest BCUT2D eigenvalue weighted by atomic mass is 9.92. The number of rotatable bonds is 7. The minimum atomic E-state index is -3.83. The number of pyridine rings is 1. The summed E-state index contributed by atoms with van der Waals surface area (Å²) in [6.45, 7) is 1.33. The molecule has 0 unspecified atom stereocenters. The van der Waals surface area contributed by atoms with Crippen molar-refractivity contribution in [2.24, 2.45) is 0 Å². The Morgan fingerprint density at radius 2 is 1.79 bits per heavy atom. The SMILES string of the molecule is COC(=O)c1cc(NC(=O)[C@@](C)(NS(C)(=O)=O)c2ccc(F)cc2)cnc1OC. The quantitative estimate of drug-likeness (QED) is 0.643. The van der Waals surface area contributed by atoms with E-state index in [0.29, 0.717) is 0 Å². The van der Waals surface area contributed by atoms with Gasteiger partial charge in [-0.25, -0.2) is 22.6 Å². The number of carbonyl (C=O) groups excluding carboxylic acids is 2. The number of anilines is 1. The Balaban J connectivity index is 2.45. The van der Waals surface area contributed by atoms with Crippen LogP contribution in [0.2, 0.25) is 0 Å². The third-order valence-electron chi connectivity index (χ3n) is 3.97. The van der Waals surface area contributed by atoms with E-state index in [1.54, 1.807) is 0 Å². The maximum Gasteiger partial charge on any atom is 0.343 e. The zero-order chi connectivity index (χ0) is 21.8. The largest absolute Gasteiger partial charge is 0.480 e. The summed E-state index contributed by atoms with van der Waals surface area (Å²) in [5, 5.41) is 2.50. The molecule has 1 aromatic carbocycles. The molecule has 0 radical (unpaired) electrons. The number of nitrogens with one attached hydrogen (secondary N) is 2. The Labute approximate surface area is 167 Å². The Kier molecular flexibility index (Phi) is 6.55. The van der Waals surface area contributed by atoms with Crippen LogP contribution in [0.25, 0.3) is 0 Å². The molecule has 1 atom stereocenters. The Morgan fingerprint density at radius 1 is 1.17 bits per heavy atom. The fourth-order valence-corrected chi connectivity index (χ4v) is 3.54. The standard InChI is InChI=1S/C18H20FN3O6S/c1-18(22-29(4,25)26,11-5-7-12(19)8-6-11)17(24)21-13-9-14(16(23)28-3)15(27-2)20-10-13/h5-10,22H,1-4H3,(H,21,24)/t18-/m0/s1. The fraction of sp³-hybridized carbons (Fsp3) is 0.278. The molecule has 1 heterocycles. The average molecular weight is 425 g/mol. The maximum absolute atomic E-state index is 13.3. The molecular weight excluding hydrogens is 405 g/mol. The summed E-state index contributed by atoms with van der Waals surface area (Å²) in [4.78, 5) is 28.8. The first-order chi connectivity index (χ1) is 13.5. The zero-order valence-corrected chi connectivity index (χ0v) is 17.0. The van der Waals surface area contributed by atoms with Crippen LogP contribution < -0.4 is 14.8 Å². The Bertz CT molecular complexity index is 1030. The van der Waals surface area contributed by atoms with E-state index in [1.807, 2.05) is 0 Å². The van der Waals surface area contributed by atoms with Gasteiger partial charge in [-0.3, -0.25) is 4.79 Å². The van der Waals surface area contributed by atoms with Gasteiger partial charge in [0.05, 0.1) is 32.4 Å². The minimum absolute atomic E-state index is 0.00888. The molecule has 1 amide bonds. The van der Waals surface area contributed by atoms with Gasteiger partial charge in [0, 0.05) is 0 Å². The van der Waals surface area contributed by atoms with E-state index in [2.05, 4.69) is 19.8 Å². The molecular formula is C18H20FN3O6S. The summed E-state index contributed by atoms with van der Waals surface area (Å²) in [5.74, 6) is -2.07. The van der Waals surface area contributed by atoms with Crippen molar-refractivity contribution < 1.29 is 31.9 Å². The highest BCUT2D eigenvalue weighted by molar-refractivity contribution is 7.88. The number of amides is 1. The van der Waals surface area contributed by atoms with Crippen molar-refractivity contribution in [2.75, 3.05) is 25.8 Å². The van der Waals surface area contributed by atoms with Gasteiger partial charge in [-0.2, -0.15) is 4.72 Å². The molecule has 2 N–H and O–H groups in total. The molecule has 0 saturated carbocycles. The van der Waals surface area contributed by atoms with E-state index in [-0.39, 0.29) is 22.7 Å². The number of benzene rings is 1. The first-order valence-electron chi connectivity index (χ1n) is 8.19. The van der Waals surface area contributed by atoms with Gasteiger partial charge < -0.3 is 14.8 Å². The van der Waals surface area contributed by atoms with Crippen LogP contribution in [0.4, 0.5) is 10.1 Å². The lowest BCUT2D eigenvalue weighted by molar-refractivity contribution is -0.121. The number of hydrogen-bond acceptors (Lipinski definition) is 7. The smallest absolute Gasteiger partial charge is 0.343 e. The first-order valence-corrected chi connectivity index (χ1v) is 10.1. The van der Waals surface area contributed by atoms with Crippen molar-refractivity contribution in [3.05, 3.63) is 53.5 Å². The molecule has 0 bridgehead atoms. The topological polar surface area (TPSA) is 124 Å². The van der Waals surface area contributed by atoms with Gasteiger partial charge in [-0.1, -0.05) is 12.1 Å². The van der Waals surface area contributed by atoms with E-state index < -0.39 is 33.3 Å². The number of halogens is 1. The van der Waals surface area contributed by atoms with Crippen LogP contribution in [0, 0.1) is 5.82 Å². The molecule has 0 aliphatic heterocycles. The maximum atomic E-state index is 13.3. The molecule has 9 nitrogen and oxygen atoms in total. The highest BCUT2D eigenvalue weighted by Gasteiger charge is 2.38. The summed E-state index contributed by atoms with van der Waals surface area (Å²) < 4.78 is 48.9. The van der Waals surface area contributed by atoms with Crippen molar-refractivity contribution in [3.8, 4) is 5.88 Å². The highest BCUT2D eigenvalue weighted by atomic mass is 32.2. The molecule has 1 aromatic heterocycles. The lowest BCUT2D eigenvalue weighted by Gasteiger charge is -2.29. The van der Waals surface area contributed by atoms with Crippen molar-refractivity contribution >= 4 is 27.6 Å². The number of hydrogen-bond donors (Lipinski definition) is 2. The third kappa shape index (κ3) is 5.27. The zero-order valence-electron chi connectivity index (χ0n) is 16.1. The molecule has 156 valence electrons.